The Morgan fingerprint density at radius 1 is 1.04 bits per heavy atom. The summed E-state index contributed by atoms with van der Waals surface area (Å²) in [5.74, 6) is 8.16. The molecular weight excluding hydrogens is 360 g/mol. The molecule has 4 atom stereocenters. The molecule has 1 aromatic rings. The minimum absolute atomic E-state index is 0.00762. The van der Waals surface area contributed by atoms with E-state index >= 15 is 0 Å². The van der Waals surface area contributed by atoms with E-state index in [0.717, 1.165) is 17.1 Å². The highest BCUT2D eigenvalue weighted by atomic mass is 28.4. The summed E-state index contributed by atoms with van der Waals surface area (Å²) < 4.78 is 29.4. The summed E-state index contributed by atoms with van der Waals surface area (Å²) in [4.78, 5) is 0. The molecule has 6 heteroatoms. The molecule has 2 saturated heterocycles. The largest absolute Gasteiger partial charge is 0.454 e. The van der Waals surface area contributed by atoms with E-state index in [0.29, 0.717) is 13.2 Å². The fourth-order valence-electron chi connectivity index (χ4n) is 3.39. The summed E-state index contributed by atoms with van der Waals surface area (Å²) in [6.07, 6.45) is -0.0234. The van der Waals surface area contributed by atoms with Gasteiger partial charge in [0, 0.05) is 5.56 Å². The van der Waals surface area contributed by atoms with Crippen molar-refractivity contribution >= 4 is 8.32 Å². The van der Waals surface area contributed by atoms with Crippen LogP contribution in [-0.2, 0) is 13.9 Å². The molecule has 3 heterocycles. The Labute approximate surface area is 162 Å². The summed E-state index contributed by atoms with van der Waals surface area (Å²) in [7, 11) is -1.85. The maximum atomic E-state index is 6.55. The number of rotatable bonds is 2. The van der Waals surface area contributed by atoms with Gasteiger partial charge in [-0.15, -0.1) is 0 Å². The first-order valence-corrected chi connectivity index (χ1v) is 12.5. The van der Waals surface area contributed by atoms with Gasteiger partial charge in [0.25, 0.3) is 0 Å². The van der Waals surface area contributed by atoms with Gasteiger partial charge in [-0.05, 0) is 36.3 Å². The van der Waals surface area contributed by atoms with Crippen molar-refractivity contribution in [1.82, 2.24) is 0 Å². The lowest BCUT2D eigenvalue weighted by Crippen LogP contribution is -2.47. The fourth-order valence-corrected chi connectivity index (χ4v) is 4.71. The molecule has 0 spiro atoms. The smallest absolute Gasteiger partial charge is 0.231 e. The first-order valence-electron chi connectivity index (χ1n) is 9.57. The topological polar surface area (TPSA) is 46.2 Å². The molecule has 2 fully saturated rings. The monoisotopic (exact) mass is 388 g/mol. The standard InChI is InChI=1S/C21H28O5Si/c1-21(2,3)27(4,5)26-18-12-23-19-15(11-22-20(18)19)8-6-14-7-9-16-17(10-14)25-13-24-16/h7,9-10,15,18-20H,11-13H2,1-5H3/t15-,18+,19+,20+/m0/s1. The van der Waals surface area contributed by atoms with Crippen LogP contribution in [0.1, 0.15) is 26.3 Å². The zero-order chi connectivity index (χ0) is 19.2. The van der Waals surface area contributed by atoms with Gasteiger partial charge in [0.1, 0.15) is 12.2 Å². The van der Waals surface area contributed by atoms with Gasteiger partial charge in [0.2, 0.25) is 6.79 Å². The lowest BCUT2D eigenvalue weighted by molar-refractivity contribution is 0.0239. The van der Waals surface area contributed by atoms with Crippen molar-refractivity contribution in [1.29, 1.82) is 0 Å². The number of ether oxygens (including phenoxy) is 4. The molecule has 0 bridgehead atoms. The van der Waals surface area contributed by atoms with Crippen LogP contribution in [-0.4, -0.2) is 46.6 Å². The molecule has 0 N–H and O–H groups in total. The Kier molecular flexibility index (Phi) is 4.75. The maximum Gasteiger partial charge on any atom is 0.231 e. The van der Waals surface area contributed by atoms with Crippen LogP contribution >= 0.6 is 0 Å². The second kappa shape index (κ2) is 6.82. The summed E-state index contributed by atoms with van der Waals surface area (Å²) in [6, 6.07) is 5.77. The fraction of sp³-hybridized carbons (Fsp3) is 0.619. The van der Waals surface area contributed by atoms with Gasteiger partial charge in [0.05, 0.1) is 25.2 Å². The van der Waals surface area contributed by atoms with E-state index in [4.69, 9.17) is 23.4 Å². The van der Waals surface area contributed by atoms with Crippen molar-refractivity contribution in [2.24, 2.45) is 5.92 Å². The molecule has 0 unspecified atom stereocenters. The van der Waals surface area contributed by atoms with Crippen LogP contribution in [0.4, 0.5) is 0 Å². The molecule has 0 radical (unpaired) electrons. The van der Waals surface area contributed by atoms with Gasteiger partial charge < -0.3 is 23.4 Å². The van der Waals surface area contributed by atoms with Crippen molar-refractivity contribution < 1.29 is 23.4 Å². The first kappa shape index (κ1) is 18.8. The molecule has 3 aliphatic rings. The van der Waals surface area contributed by atoms with E-state index < -0.39 is 8.32 Å². The number of benzene rings is 1. The van der Waals surface area contributed by atoms with E-state index in [2.05, 4.69) is 45.7 Å². The quantitative estimate of drug-likeness (QED) is 0.573. The second-order valence-electron chi connectivity index (χ2n) is 8.96. The van der Waals surface area contributed by atoms with E-state index in [1.165, 1.54) is 0 Å². The molecule has 0 amide bonds. The minimum atomic E-state index is -1.85. The zero-order valence-electron chi connectivity index (χ0n) is 16.7. The van der Waals surface area contributed by atoms with Crippen LogP contribution in [0.2, 0.25) is 18.1 Å². The Morgan fingerprint density at radius 2 is 1.78 bits per heavy atom. The van der Waals surface area contributed by atoms with Crippen LogP contribution in [0.5, 0.6) is 11.5 Å². The molecule has 146 valence electrons. The summed E-state index contributed by atoms with van der Waals surface area (Å²) in [6.45, 7) is 12.7. The molecule has 27 heavy (non-hydrogen) atoms. The Bertz CT molecular complexity index is 773. The lowest BCUT2D eigenvalue weighted by atomic mass is 10.0. The Morgan fingerprint density at radius 3 is 2.56 bits per heavy atom. The highest BCUT2D eigenvalue weighted by molar-refractivity contribution is 6.74. The zero-order valence-corrected chi connectivity index (χ0v) is 17.7. The molecule has 3 aliphatic heterocycles. The predicted molar refractivity (Wildman–Crippen MR) is 104 cm³/mol. The van der Waals surface area contributed by atoms with Crippen molar-refractivity contribution in [3.05, 3.63) is 23.8 Å². The molecule has 5 nitrogen and oxygen atoms in total. The van der Waals surface area contributed by atoms with Gasteiger partial charge >= 0.3 is 0 Å². The van der Waals surface area contributed by atoms with Gasteiger partial charge in [0.15, 0.2) is 19.8 Å². The summed E-state index contributed by atoms with van der Waals surface area (Å²) >= 11 is 0. The van der Waals surface area contributed by atoms with Crippen molar-refractivity contribution in [3.63, 3.8) is 0 Å². The van der Waals surface area contributed by atoms with E-state index in [1.807, 2.05) is 18.2 Å². The van der Waals surface area contributed by atoms with Gasteiger partial charge in [-0.2, -0.15) is 0 Å². The Balaban J connectivity index is 1.43. The molecule has 0 saturated carbocycles. The number of hydrogen-bond acceptors (Lipinski definition) is 5. The molecular formula is C21H28O5Si. The highest BCUT2D eigenvalue weighted by Crippen LogP contribution is 2.41. The molecule has 1 aromatic carbocycles. The van der Waals surface area contributed by atoms with Crippen LogP contribution in [0.25, 0.3) is 0 Å². The Hall–Kier alpha value is -1.52. The third-order valence-corrected chi connectivity index (χ3v) is 10.5. The van der Waals surface area contributed by atoms with E-state index in [1.54, 1.807) is 0 Å². The lowest BCUT2D eigenvalue weighted by Gasteiger charge is -2.39. The third-order valence-electron chi connectivity index (χ3n) is 6.03. The van der Waals surface area contributed by atoms with E-state index in [-0.39, 0.29) is 36.1 Å². The highest BCUT2D eigenvalue weighted by Gasteiger charge is 2.51. The van der Waals surface area contributed by atoms with Crippen molar-refractivity contribution in [2.75, 3.05) is 20.0 Å². The number of fused-ring (bicyclic) bond motifs is 2. The maximum absolute atomic E-state index is 6.55. The average Bonchev–Trinajstić information content (AvgIpc) is 3.29. The predicted octanol–water partition coefficient (Wildman–Crippen LogP) is 3.57. The normalized spacial score (nSPS) is 29.4. The average molecular weight is 389 g/mol. The van der Waals surface area contributed by atoms with Crippen molar-refractivity contribution in [2.45, 2.75) is 57.2 Å². The van der Waals surface area contributed by atoms with Crippen molar-refractivity contribution in [3.8, 4) is 23.3 Å². The van der Waals surface area contributed by atoms with Crippen LogP contribution in [0.15, 0.2) is 18.2 Å². The van der Waals surface area contributed by atoms with Crippen LogP contribution in [0.3, 0.4) is 0 Å². The van der Waals surface area contributed by atoms with Gasteiger partial charge in [-0.3, -0.25) is 0 Å². The number of hydrogen-bond donors (Lipinski definition) is 0. The molecule has 0 aromatic heterocycles. The molecule has 0 aliphatic carbocycles. The minimum Gasteiger partial charge on any atom is -0.454 e. The summed E-state index contributed by atoms with van der Waals surface area (Å²) in [5.41, 5.74) is 0.912. The second-order valence-corrected chi connectivity index (χ2v) is 13.7. The molecule has 4 rings (SSSR count). The van der Waals surface area contributed by atoms with E-state index in [9.17, 15) is 0 Å². The van der Waals surface area contributed by atoms with Crippen LogP contribution < -0.4 is 9.47 Å². The third kappa shape index (κ3) is 3.62. The summed E-state index contributed by atoms with van der Waals surface area (Å²) in [5, 5.41) is 0.169. The van der Waals surface area contributed by atoms with Crippen LogP contribution in [0, 0.1) is 17.8 Å². The first-order chi connectivity index (χ1) is 12.7. The van der Waals surface area contributed by atoms with Gasteiger partial charge in [-0.25, -0.2) is 0 Å². The SMILES string of the molecule is CC(C)(C)[Si](C)(C)O[C@@H]1CO[C@H]2[C@@H]1OC[C@@H]2C#Cc1ccc2c(c1)OCO2. The van der Waals surface area contributed by atoms with Gasteiger partial charge in [-0.1, -0.05) is 32.6 Å².